The van der Waals surface area contributed by atoms with Crippen molar-refractivity contribution in [3.8, 4) is 0 Å². The molecule has 2 atom stereocenters. The van der Waals surface area contributed by atoms with Crippen molar-refractivity contribution in [1.29, 1.82) is 0 Å². The molecule has 2 aliphatic rings. The van der Waals surface area contributed by atoms with E-state index in [4.69, 9.17) is 0 Å². The molecule has 21 heavy (non-hydrogen) atoms. The zero-order valence-electron chi connectivity index (χ0n) is 11.9. The van der Waals surface area contributed by atoms with Crippen LogP contribution >= 0.6 is 0 Å². The van der Waals surface area contributed by atoms with Crippen LogP contribution in [-0.4, -0.2) is 28.4 Å². The minimum absolute atomic E-state index is 0.0127. The Kier molecular flexibility index (Phi) is 3.78. The first kappa shape index (κ1) is 13.9. The molecule has 0 bridgehead atoms. The molecule has 1 aliphatic heterocycles. The van der Waals surface area contributed by atoms with Gasteiger partial charge < -0.3 is 10.0 Å². The zero-order valence-corrected chi connectivity index (χ0v) is 11.9. The number of carbonyl (C=O) groups excluding carboxylic acids is 1. The summed E-state index contributed by atoms with van der Waals surface area (Å²) < 4.78 is 0. The molecule has 1 amide bonds. The molecule has 0 saturated carbocycles. The lowest BCUT2D eigenvalue weighted by Crippen LogP contribution is -2.43. The van der Waals surface area contributed by atoms with Crippen molar-refractivity contribution in [3.05, 3.63) is 47.5 Å². The SMILES string of the molecule is O=C(O)[C@@H]1CC=CC[C@@H]1C(=O)N1CCc2ccccc2C1. The van der Waals surface area contributed by atoms with Crippen LogP contribution in [0.4, 0.5) is 0 Å². The number of carbonyl (C=O) groups is 2. The first-order valence-corrected chi connectivity index (χ1v) is 7.40. The highest BCUT2D eigenvalue weighted by Crippen LogP contribution is 2.29. The molecule has 1 aromatic carbocycles. The molecule has 0 unspecified atom stereocenters. The van der Waals surface area contributed by atoms with Crippen molar-refractivity contribution >= 4 is 11.9 Å². The van der Waals surface area contributed by atoms with E-state index in [-0.39, 0.29) is 5.91 Å². The summed E-state index contributed by atoms with van der Waals surface area (Å²) in [4.78, 5) is 25.9. The third-order valence-electron chi connectivity index (χ3n) is 4.51. The molecule has 0 radical (unpaired) electrons. The van der Waals surface area contributed by atoms with Crippen LogP contribution in [0.3, 0.4) is 0 Å². The number of rotatable bonds is 2. The van der Waals surface area contributed by atoms with Crippen molar-refractivity contribution in [3.63, 3.8) is 0 Å². The standard InChI is InChI=1S/C17H19NO3/c19-16(14-7-3-4-8-15(14)17(20)21)18-10-9-12-5-1-2-6-13(12)11-18/h1-6,14-15H,7-11H2,(H,20,21)/t14-,15+/m0/s1. The van der Waals surface area contributed by atoms with Gasteiger partial charge in [0.25, 0.3) is 0 Å². The minimum Gasteiger partial charge on any atom is -0.481 e. The molecule has 4 nitrogen and oxygen atoms in total. The Labute approximate surface area is 124 Å². The molecule has 110 valence electrons. The summed E-state index contributed by atoms with van der Waals surface area (Å²) in [5.74, 6) is -1.88. The van der Waals surface area contributed by atoms with Crippen LogP contribution in [0.15, 0.2) is 36.4 Å². The molecule has 1 aliphatic carbocycles. The number of aliphatic carboxylic acids is 1. The molecular formula is C17H19NO3. The fourth-order valence-corrected chi connectivity index (χ4v) is 3.28. The van der Waals surface area contributed by atoms with Gasteiger partial charge >= 0.3 is 5.97 Å². The number of amides is 1. The highest BCUT2D eigenvalue weighted by molar-refractivity contribution is 5.85. The van der Waals surface area contributed by atoms with Gasteiger partial charge in [-0.3, -0.25) is 9.59 Å². The van der Waals surface area contributed by atoms with Gasteiger partial charge in [0.05, 0.1) is 11.8 Å². The van der Waals surface area contributed by atoms with E-state index in [1.807, 2.05) is 35.3 Å². The van der Waals surface area contributed by atoms with E-state index in [0.29, 0.717) is 25.9 Å². The Morgan fingerprint density at radius 3 is 2.43 bits per heavy atom. The molecule has 1 N–H and O–H groups in total. The zero-order chi connectivity index (χ0) is 14.8. The number of carboxylic acid groups (broad SMARTS) is 1. The Morgan fingerprint density at radius 1 is 1.05 bits per heavy atom. The van der Waals surface area contributed by atoms with Gasteiger partial charge in [-0.05, 0) is 30.4 Å². The van der Waals surface area contributed by atoms with Crippen LogP contribution in [0, 0.1) is 11.8 Å². The lowest BCUT2D eigenvalue weighted by molar-refractivity contribution is -0.151. The maximum atomic E-state index is 12.7. The lowest BCUT2D eigenvalue weighted by atomic mass is 9.81. The summed E-state index contributed by atoms with van der Waals surface area (Å²) in [5, 5.41) is 9.31. The smallest absolute Gasteiger partial charge is 0.307 e. The van der Waals surface area contributed by atoms with E-state index in [0.717, 1.165) is 6.42 Å². The normalized spacial score (nSPS) is 24.5. The van der Waals surface area contributed by atoms with Crippen LogP contribution < -0.4 is 0 Å². The number of carboxylic acids is 1. The van der Waals surface area contributed by atoms with E-state index in [1.54, 1.807) is 0 Å². The highest BCUT2D eigenvalue weighted by atomic mass is 16.4. The number of fused-ring (bicyclic) bond motifs is 1. The number of allylic oxidation sites excluding steroid dienone is 2. The van der Waals surface area contributed by atoms with Crippen molar-refractivity contribution in [2.45, 2.75) is 25.8 Å². The predicted octanol–water partition coefficient (Wildman–Crippen LogP) is 2.24. The minimum atomic E-state index is -0.866. The summed E-state index contributed by atoms with van der Waals surface area (Å²) in [6.07, 6.45) is 5.64. The summed E-state index contributed by atoms with van der Waals surface area (Å²) in [6, 6.07) is 8.14. The van der Waals surface area contributed by atoms with E-state index in [1.165, 1.54) is 11.1 Å². The summed E-state index contributed by atoms with van der Waals surface area (Å²) in [5.41, 5.74) is 2.47. The average molecular weight is 285 g/mol. The maximum Gasteiger partial charge on any atom is 0.307 e. The van der Waals surface area contributed by atoms with Gasteiger partial charge in [-0.25, -0.2) is 0 Å². The molecule has 0 saturated heterocycles. The molecular weight excluding hydrogens is 266 g/mol. The number of benzene rings is 1. The third-order valence-corrected chi connectivity index (χ3v) is 4.51. The molecule has 3 rings (SSSR count). The van der Waals surface area contributed by atoms with Gasteiger partial charge in [0.2, 0.25) is 5.91 Å². The van der Waals surface area contributed by atoms with Gasteiger partial charge in [-0.1, -0.05) is 36.4 Å². The Balaban J connectivity index is 1.77. The number of hydrogen-bond acceptors (Lipinski definition) is 2. The number of hydrogen-bond donors (Lipinski definition) is 1. The molecule has 0 fully saturated rings. The van der Waals surface area contributed by atoms with E-state index in [2.05, 4.69) is 6.07 Å². The quantitative estimate of drug-likeness (QED) is 0.848. The Hall–Kier alpha value is -2.10. The summed E-state index contributed by atoms with van der Waals surface area (Å²) in [7, 11) is 0. The molecule has 4 heteroatoms. The highest BCUT2D eigenvalue weighted by Gasteiger charge is 2.37. The van der Waals surface area contributed by atoms with Gasteiger partial charge in [0.15, 0.2) is 0 Å². The Bertz CT molecular complexity index is 593. The van der Waals surface area contributed by atoms with Crippen molar-refractivity contribution in [2.24, 2.45) is 11.8 Å². The van der Waals surface area contributed by atoms with Crippen molar-refractivity contribution in [1.82, 2.24) is 4.90 Å². The topological polar surface area (TPSA) is 57.6 Å². The molecule has 0 aromatic heterocycles. The number of nitrogens with zero attached hydrogens (tertiary/aromatic N) is 1. The van der Waals surface area contributed by atoms with Crippen LogP contribution in [0.2, 0.25) is 0 Å². The van der Waals surface area contributed by atoms with E-state index in [9.17, 15) is 14.7 Å². The van der Waals surface area contributed by atoms with Gasteiger partial charge in [0, 0.05) is 13.1 Å². The second-order valence-corrected chi connectivity index (χ2v) is 5.77. The van der Waals surface area contributed by atoms with Gasteiger partial charge in [-0.2, -0.15) is 0 Å². The molecule has 0 spiro atoms. The second-order valence-electron chi connectivity index (χ2n) is 5.77. The van der Waals surface area contributed by atoms with Crippen LogP contribution in [0.5, 0.6) is 0 Å². The fourth-order valence-electron chi connectivity index (χ4n) is 3.28. The largest absolute Gasteiger partial charge is 0.481 e. The molecule has 1 aromatic rings. The van der Waals surface area contributed by atoms with Gasteiger partial charge in [-0.15, -0.1) is 0 Å². The predicted molar refractivity (Wildman–Crippen MR) is 78.6 cm³/mol. The molecule has 1 heterocycles. The summed E-state index contributed by atoms with van der Waals surface area (Å²) in [6.45, 7) is 1.28. The van der Waals surface area contributed by atoms with Gasteiger partial charge in [0.1, 0.15) is 0 Å². The average Bonchev–Trinajstić information content (AvgIpc) is 2.53. The van der Waals surface area contributed by atoms with E-state index < -0.39 is 17.8 Å². The first-order valence-electron chi connectivity index (χ1n) is 7.40. The fraction of sp³-hybridized carbons (Fsp3) is 0.412. The Morgan fingerprint density at radius 2 is 1.71 bits per heavy atom. The van der Waals surface area contributed by atoms with Crippen LogP contribution in [0.25, 0.3) is 0 Å². The maximum absolute atomic E-state index is 12.7. The first-order chi connectivity index (χ1) is 10.2. The van der Waals surface area contributed by atoms with Crippen LogP contribution in [0.1, 0.15) is 24.0 Å². The van der Waals surface area contributed by atoms with E-state index >= 15 is 0 Å². The second kappa shape index (κ2) is 5.72. The van der Waals surface area contributed by atoms with Crippen molar-refractivity contribution < 1.29 is 14.7 Å². The van der Waals surface area contributed by atoms with Crippen LogP contribution in [-0.2, 0) is 22.6 Å². The monoisotopic (exact) mass is 285 g/mol. The van der Waals surface area contributed by atoms with Crippen molar-refractivity contribution in [2.75, 3.05) is 6.54 Å². The summed E-state index contributed by atoms with van der Waals surface area (Å²) >= 11 is 0. The lowest BCUT2D eigenvalue weighted by Gasteiger charge is -2.34. The third kappa shape index (κ3) is 2.71.